The first-order valence-electron chi connectivity index (χ1n) is 2.73. The lowest BCUT2D eigenvalue weighted by Crippen LogP contribution is -2.35. The van der Waals surface area contributed by atoms with Gasteiger partial charge in [0, 0.05) is 0 Å². The molecular weight excluding hydrogens is 112 g/mol. The molecular formula is C7H9N2+. The number of hydrogen-bond donors (Lipinski definition) is 0. The number of nitrogens with zero attached hydrogens (tertiary/aromatic N) is 2. The zero-order valence-electron chi connectivity index (χ0n) is 5.63. The van der Waals surface area contributed by atoms with Crippen LogP contribution < -0.4 is 4.68 Å². The number of rotatable bonds is 0. The SMILES string of the molecule is C#Cc1cn(C)[n+](C)c1. The molecule has 2 heteroatoms. The molecule has 2 nitrogen and oxygen atoms in total. The van der Waals surface area contributed by atoms with E-state index in [0.29, 0.717) is 0 Å². The van der Waals surface area contributed by atoms with Crippen molar-refractivity contribution >= 4 is 0 Å². The predicted molar refractivity (Wildman–Crippen MR) is 34.5 cm³/mol. The third kappa shape index (κ3) is 0.945. The molecule has 0 aromatic carbocycles. The van der Waals surface area contributed by atoms with Gasteiger partial charge in [-0.15, -0.1) is 11.1 Å². The van der Waals surface area contributed by atoms with E-state index < -0.39 is 0 Å². The Morgan fingerprint density at radius 3 is 2.67 bits per heavy atom. The van der Waals surface area contributed by atoms with Gasteiger partial charge < -0.3 is 0 Å². The first-order valence-corrected chi connectivity index (χ1v) is 2.73. The number of aryl methyl sites for hydroxylation is 2. The van der Waals surface area contributed by atoms with Crippen LogP contribution in [0.1, 0.15) is 5.56 Å². The maximum Gasteiger partial charge on any atom is 0.210 e. The van der Waals surface area contributed by atoms with Crippen LogP contribution in [-0.2, 0) is 14.1 Å². The van der Waals surface area contributed by atoms with Crippen molar-refractivity contribution in [2.45, 2.75) is 0 Å². The van der Waals surface area contributed by atoms with Crippen molar-refractivity contribution < 1.29 is 4.68 Å². The van der Waals surface area contributed by atoms with Gasteiger partial charge in [-0.1, -0.05) is 5.92 Å². The Bertz CT molecular complexity index is 233. The third-order valence-electron chi connectivity index (χ3n) is 1.32. The highest BCUT2D eigenvalue weighted by molar-refractivity contribution is 5.24. The topological polar surface area (TPSA) is 8.81 Å². The van der Waals surface area contributed by atoms with Crippen molar-refractivity contribution in [3.8, 4) is 12.3 Å². The molecule has 0 atom stereocenters. The van der Waals surface area contributed by atoms with E-state index in [1.165, 1.54) is 0 Å². The van der Waals surface area contributed by atoms with Gasteiger partial charge in [-0.25, -0.2) is 0 Å². The summed E-state index contributed by atoms with van der Waals surface area (Å²) in [7, 11) is 3.89. The maximum absolute atomic E-state index is 5.16. The van der Waals surface area contributed by atoms with E-state index >= 15 is 0 Å². The van der Waals surface area contributed by atoms with Gasteiger partial charge in [0.1, 0.15) is 5.56 Å². The van der Waals surface area contributed by atoms with Crippen molar-refractivity contribution in [2.75, 3.05) is 0 Å². The van der Waals surface area contributed by atoms with E-state index in [4.69, 9.17) is 6.42 Å². The van der Waals surface area contributed by atoms with E-state index in [1.807, 2.05) is 35.9 Å². The minimum atomic E-state index is 0.917. The summed E-state index contributed by atoms with van der Waals surface area (Å²) in [5.74, 6) is 2.55. The summed E-state index contributed by atoms with van der Waals surface area (Å²) >= 11 is 0. The molecule has 0 aliphatic carbocycles. The van der Waals surface area contributed by atoms with E-state index in [0.717, 1.165) is 5.56 Å². The van der Waals surface area contributed by atoms with Crippen LogP contribution in [0.4, 0.5) is 0 Å². The normalized spacial score (nSPS) is 9.00. The lowest BCUT2D eigenvalue weighted by atomic mass is 10.4. The quantitative estimate of drug-likeness (QED) is 0.333. The Hall–Kier alpha value is -1.23. The highest BCUT2D eigenvalue weighted by atomic mass is 15.4. The molecule has 0 amide bonds. The fourth-order valence-corrected chi connectivity index (χ4v) is 0.693. The molecule has 0 radical (unpaired) electrons. The second-order valence-corrected chi connectivity index (χ2v) is 2.01. The summed E-state index contributed by atoms with van der Waals surface area (Å²) in [6.07, 6.45) is 8.96. The van der Waals surface area contributed by atoms with Gasteiger partial charge in [0.15, 0.2) is 7.05 Å². The Morgan fingerprint density at radius 1 is 1.78 bits per heavy atom. The van der Waals surface area contributed by atoms with Crippen LogP contribution in [0.25, 0.3) is 0 Å². The van der Waals surface area contributed by atoms with Gasteiger partial charge in [-0.05, 0) is 0 Å². The lowest BCUT2D eigenvalue weighted by molar-refractivity contribution is -0.751. The molecule has 1 aromatic rings. The molecule has 0 unspecified atom stereocenters. The first-order chi connectivity index (χ1) is 4.24. The standard InChI is InChI=1S/C7H9N2/c1-4-7-5-8(2)9(3)6-7/h1,5-6H,2-3H3/q+1. The van der Waals surface area contributed by atoms with Gasteiger partial charge in [0.05, 0.1) is 13.2 Å². The maximum atomic E-state index is 5.16. The zero-order chi connectivity index (χ0) is 6.85. The molecule has 0 N–H and O–H groups in total. The van der Waals surface area contributed by atoms with Gasteiger partial charge in [0.25, 0.3) is 0 Å². The molecule has 0 bridgehead atoms. The molecule has 0 saturated heterocycles. The zero-order valence-corrected chi connectivity index (χ0v) is 5.63. The van der Waals surface area contributed by atoms with Crippen LogP contribution in [0.2, 0.25) is 0 Å². The number of hydrogen-bond acceptors (Lipinski definition) is 0. The van der Waals surface area contributed by atoms with Gasteiger partial charge in [-0.2, -0.15) is 4.68 Å². The first kappa shape index (κ1) is 5.90. The van der Waals surface area contributed by atoms with Crippen molar-refractivity contribution in [2.24, 2.45) is 14.1 Å². The van der Waals surface area contributed by atoms with E-state index in [9.17, 15) is 0 Å². The molecule has 0 fully saturated rings. The van der Waals surface area contributed by atoms with Crippen molar-refractivity contribution in [3.63, 3.8) is 0 Å². The molecule has 1 heterocycles. The van der Waals surface area contributed by atoms with Crippen LogP contribution in [-0.4, -0.2) is 4.68 Å². The smallest absolute Gasteiger partial charge is 0.163 e. The molecule has 0 aliphatic rings. The largest absolute Gasteiger partial charge is 0.210 e. The van der Waals surface area contributed by atoms with Crippen molar-refractivity contribution in [1.29, 1.82) is 0 Å². The molecule has 0 spiro atoms. The molecule has 1 rings (SSSR count). The monoisotopic (exact) mass is 121 g/mol. The Kier molecular flexibility index (Phi) is 1.27. The summed E-state index contributed by atoms with van der Waals surface area (Å²) in [6.45, 7) is 0. The summed E-state index contributed by atoms with van der Waals surface area (Å²) in [5.41, 5.74) is 0.917. The Balaban J connectivity index is 3.16. The van der Waals surface area contributed by atoms with Gasteiger partial charge in [-0.3, -0.25) is 0 Å². The lowest BCUT2D eigenvalue weighted by Gasteiger charge is -1.82. The van der Waals surface area contributed by atoms with Crippen LogP contribution in [0.5, 0.6) is 0 Å². The highest BCUT2D eigenvalue weighted by Crippen LogP contribution is 1.88. The molecule has 46 valence electrons. The van der Waals surface area contributed by atoms with Crippen LogP contribution in [0.15, 0.2) is 12.4 Å². The van der Waals surface area contributed by atoms with E-state index in [2.05, 4.69) is 5.92 Å². The second-order valence-electron chi connectivity index (χ2n) is 2.01. The van der Waals surface area contributed by atoms with Gasteiger partial charge in [0.2, 0.25) is 6.20 Å². The average molecular weight is 121 g/mol. The minimum Gasteiger partial charge on any atom is -0.163 e. The fraction of sp³-hybridized carbons (Fsp3) is 0.286. The van der Waals surface area contributed by atoms with E-state index in [1.54, 1.807) is 0 Å². The Morgan fingerprint density at radius 2 is 2.44 bits per heavy atom. The highest BCUT2D eigenvalue weighted by Gasteiger charge is 2.00. The van der Waals surface area contributed by atoms with E-state index in [-0.39, 0.29) is 0 Å². The van der Waals surface area contributed by atoms with Crippen molar-refractivity contribution in [3.05, 3.63) is 18.0 Å². The molecule has 1 aromatic heterocycles. The number of aromatic nitrogens is 2. The van der Waals surface area contributed by atoms with Crippen molar-refractivity contribution in [1.82, 2.24) is 4.68 Å². The summed E-state index contributed by atoms with van der Waals surface area (Å²) in [5, 5.41) is 0. The van der Waals surface area contributed by atoms with Crippen LogP contribution in [0.3, 0.4) is 0 Å². The molecule has 9 heavy (non-hydrogen) atoms. The number of terminal acetylenes is 1. The Labute approximate surface area is 54.7 Å². The van der Waals surface area contributed by atoms with Gasteiger partial charge >= 0.3 is 0 Å². The second kappa shape index (κ2) is 1.94. The summed E-state index contributed by atoms with van der Waals surface area (Å²) in [6, 6.07) is 0. The average Bonchev–Trinajstić information content (AvgIpc) is 2.13. The molecule has 0 saturated carbocycles. The summed E-state index contributed by atoms with van der Waals surface area (Å²) in [4.78, 5) is 0. The summed E-state index contributed by atoms with van der Waals surface area (Å²) < 4.78 is 3.85. The molecule has 0 aliphatic heterocycles. The van der Waals surface area contributed by atoms with Crippen LogP contribution >= 0.6 is 0 Å². The third-order valence-corrected chi connectivity index (χ3v) is 1.32. The predicted octanol–water partition coefficient (Wildman–Crippen LogP) is -0.169. The minimum absolute atomic E-state index is 0.917. The van der Waals surface area contributed by atoms with Crippen LogP contribution in [0, 0.1) is 12.3 Å². The fourth-order valence-electron chi connectivity index (χ4n) is 0.693.